The summed E-state index contributed by atoms with van der Waals surface area (Å²) >= 11 is 0. The molecule has 9 heavy (non-hydrogen) atoms. The summed E-state index contributed by atoms with van der Waals surface area (Å²) in [5.74, 6) is -0.897. The maximum atomic E-state index is 10.0. The second kappa shape index (κ2) is 3.14. The molecule has 0 aliphatic heterocycles. The Bertz CT molecular complexity index is 183. The lowest BCUT2D eigenvalue weighted by Crippen LogP contribution is -1.91. The second-order valence-electron chi connectivity index (χ2n) is 1.40. The van der Waals surface area contributed by atoms with Crippen LogP contribution in [0, 0.1) is 0 Å². The minimum absolute atomic E-state index is 0. The summed E-state index contributed by atoms with van der Waals surface area (Å²) < 4.78 is 0. The average molecular weight is 148 g/mol. The van der Waals surface area contributed by atoms with Crippen LogP contribution >= 0.6 is 12.4 Å². The maximum Gasteiger partial charge on any atom is 0.337 e. The van der Waals surface area contributed by atoms with E-state index in [0.717, 1.165) is 0 Å². The third kappa shape index (κ3) is 1.77. The van der Waals surface area contributed by atoms with Crippen LogP contribution in [0.15, 0.2) is 18.5 Å². The molecule has 3 nitrogen and oxygen atoms in total. The minimum atomic E-state index is -0.897. The molecule has 0 saturated heterocycles. The zero-order valence-corrected chi connectivity index (χ0v) is 5.31. The number of hydrogen-bond acceptors (Lipinski definition) is 1. The van der Waals surface area contributed by atoms with Crippen molar-refractivity contribution in [2.45, 2.75) is 0 Å². The third-order valence-corrected chi connectivity index (χ3v) is 0.845. The van der Waals surface area contributed by atoms with Crippen molar-refractivity contribution in [3.05, 3.63) is 24.0 Å². The van der Waals surface area contributed by atoms with Crippen molar-refractivity contribution in [2.24, 2.45) is 0 Å². The summed E-state index contributed by atoms with van der Waals surface area (Å²) in [5, 5.41) is 8.25. The molecule has 1 rings (SSSR count). The van der Waals surface area contributed by atoms with Gasteiger partial charge in [0.15, 0.2) is 0 Å². The largest absolute Gasteiger partial charge is 0.478 e. The van der Waals surface area contributed by atoms with E-state index in [2.05, 4.69) is 4.98 Å². The Morgan fingerprint density at radius 3 is 2.56 bits per heavy atom. The highest BCUT2D eigenvalue weighted by Gasteiger charge is 1.98. The van der Waals surface area contributed by atoms with E-state index in [4.69, 9.17) is 5.11 Å². The Morgan fingerprint density at radius 2 is 2.33 bits per heavy atom. The Hall–Kier alpha value is -0.960. The van der Waals surface area contributed by atoms with Crippen LogP contribution in [0.1, 0.15) is 10.4 Å². The van der Waals surface area contributed by atoms with Gasteiger partial charge in [-0.15, -0.1) is 12.4 Å². The molecule has 0 fully saturated rings. The number of aromatic amines is 1. The number of aromatic nitrogens is 1. The van der Waals surface area contributed by atoms with E-state index in [-0.39, 0.29) is 12.4 Å². The molecule has 0 aliphatic rings. The highest BCUT2D eigenvalue weighted by atomic mass is 35.5. The number of carboxylic acid groups (broad SMARTS) is 1. The lowest BCUT2D eigenvalue weighted by Gasteiger charge is -1.78. The highest BCUT2D eigenvalue weighted by Crippen LogP contribution is 1.93. The fourth-order valence-electron chi connectivity index (χ4n) is 0.457. The van der Waals surface area contributed by atoms with Crippen LogP contribution in [0.25, 0.3) is 0 Å². The molecule has 0 spiro atoms. The summed E-state index contributed by atoms with van der Waals surface area (Å²) in [6, 6.07) is 1.50. The van der Waals surface area contributed by atoms with Crippen LogP contribution in [0.5, 0.6) is 0 Å². The van der Waals surface area contributed by atoms with E-state index < -0.39 is 5.97 Å². The van der Waals surface area contributed by atoms with Crippen molar-refractivity contribution in [2.75, 3.05) is 0 Å². The van der Waals surface area contributed by atoms with E-state index in [1.54, 1.807) is 6.20 Å². The molecule has 2 N–H and O–H groups in total. The molecule has 1 aromatic heterocycles. The zero-order chi connectivity index (χ0) is 5.98. The van der Waals surface area contributed by atoms with Gasteiger partial charge in [-0.05, 0) is 6.07 Å². The maximum absolute atomic E-state index is 10.0. The van der Waals surface area contributed by atoms with E-state index >= 15 is 0 Å². The number of carboxylic acids is 1. The normalized spacial score (nSPS) is 8.00. The first-order valence-corrected chi connectivity index (χ1v) is 2.17. The predicted molar refractivity (Wildman–Crippen MR) is 35.0 cm³/mol. The zero-order valence-electron chi connectivity index (χ0n) is 4.50. The van der Waals surface area contributed by atoms with E-state index in [0.29, 0.717) is 5.56 Å². The van der Waals surface area contributed by atoms with Crippen molar-refractivity contribution in [3.8, 4) is 0 Å². The standard InChI is InChI=1S/C5H5NO2.ClH/c7-5(8)4-1-2-6-3-4;/h1-3,6H,(H,7,8);1H. The summed E-state index contributed by atoms with van der Waals surface area (Å²) in [7, 11) is 0. The molecular formula is C5H6ClNO2. The molecule has 0 aromatic carbocycles. The molecule has 1 heterocycles. The van der Waals surface area contributed by atoms with E-state index in [1.165, 1.54) is 12.3 Å². The van der Waals surface area contributed by atoms with Gasteiger partial charge in [-0.2, -0.15) is 0 Å². The molecule has 1 aromatic rings. The summed E-state index contributed by atoms with van der Waals surface area (Å²) in [4.78, 5) is 12.7. The smallest absolute Gasteiger partial charge is 0.337 e. The number of aromatic carboxylic acids is 1. The summed E-state index contributed by atoms with van der Waals surface area (Å²) in [6.07, 6.45) is 3.01. The van der Waals surface area contributed by atoms with E-state index in [1.807, 2.05) is 0 Å². The Balaban J connectivity index is 0.000000640. The number of hydrogen-bond donors (Lipinski definition) is 2. The van der Waals surface area contributed by atoms with Gasteiger partial charge >= 0.3 is 5.97 Å². The molecule has 0 saturated carbocycles. The second-order valence-corrected chi connectivity index (χ2v) is 1.40. The topological polar surface area (TPSA) is 53.1 Å². The van der Waals surface area contributed by atoms with Crippen molar-refractivity contribution in [1.82, 2.24) is 4.98 Å². The lowest BCUT2D eigenvalue weighted by atomic mass is 10.4. The van der Waals surface area contributed by atoms with Crippen molar-refractivity contribution in [1.29, 1.82) is 0 Å². The van der Waals surface area contributed by atoms with Crippen LogP contribution in [0.2, 0.25) is 0 Å². The van der Waals surface area contributed by atoms with E-state index in [9.17, 15) is 4.79 Å². The molecule has 0 bridgehead atoms. The SMILES string of the molecule is Cl.O=C(O)c1cc[nH]c1. The summed E-state index contributed by atoms with van der Waals surface area (Å²) in [6.45, 7) is 0. The molecule has 50 valence electrons. The monoisotopic (exact) mass is 147 g/mol. The van der Waals surface area contributed by atoms with Crippen molar-refractivity contribution < 1.29 is 9.90 Å². The summed E-state index contributed by atoms with van der Waals surface area (Å²) in [5.41, 5.74) is 0.296. The number of nitrogens with one attached hydrogen (secondary N) is 1. The van der Waals surface area contributed by atoms with Crippen LogP contribution in [0.4, 0.5) is 0 Å². The molecule has 0 unspecified atom stereocenters. The van der Waals surface area contributed by atoms with Gasteiger partial charge in [-0.25, -0.2) is 4.79 Å². The van der Waals surface area contributed by atoms with Gasteiger partial charge in [-0.3, -0.25) is 0 Å². The number of rotatable bonds is 1. The van der Waals surface area contributed by atoms with Crippen molar-refractivity contribution >= 4 is 18.4 Å². The van der Waals surface area contributed by atoms with Gasteiger partial charge in [0.2, 0.25) is 0 Å². The number of H-pyrrole nitrogens is 1. The molecule has 0 atom stereocenters. The van der Waals surface area contributed by atoms with Crippen LogP contribution in [0.3, 0.4) is 0 Å². The fraction of sp³-hybridized carbons (Fsp3) is 0. The predicted octanol–water partition coefficient (Wildman–Crippen LogP) is 1.13. The Kier molecular flexibility index (Phi) is 2.81. The number of carbonyl (C=O) groups is 1. The lowest BCUT2D eigenvalue weighted by molar-refractivity contribution is 0.0697. The minimum Gasteiger partial charge on any atom is -0.478 e. The molecule has 0 aliphatic carbocycles. The van der Waals surface area contributed by atoms with Crippen LogP contribution in [-0.4, -0.2) is 16.1 Å². The first kappa shape index (κ1) is 8.04. The molecule has 0 radical (unpaired) electrons. The quantitative estimate of drug-likeness (QED) is 0.626. The van der Waals surface area contributed by atoms with Crippen LogP contribution < -0.4 is 0 Å². The van der Waals surface area contributed by atoms with Gasteiger partial charge in [0.25, 0.3) is 0 Å². The first-order chi connectivity index (χ1) is 3.80. The fourth-order valence-corrected chi connectivity index (χ4v) is 0.457. The first-order valence-electron chi connectivity index (χ1n) is 2.17. The Morgan fingerprint density at radius 1 is 1.67 bits per heavy atom. The van der Waals surface area contributed by atoms with Gasteiger partial charge in [-0.1, -0.05) is 0 Å². The van der Waals surface area contributed by atoms with Crippen LogP contribution in [-0.2, 0) is 0 Å². The van der Waals surface area contributed by atoms with Gasteiger partial charge in [0.05, 0.1) is 5.56 Å². The Labute approximate surface area is 58.1 Å². The number of halogens is 1. The highest BCUT2D eigenvalue weighted by molar-refractivity contribution is 5.87. The third-order valence-electron chi connectivity index (χ3n) is 0.845. The molecule has 0 amide bonds. The van der Waals surface area contributed by atoms with Gasteiger partial charge in [0.1, 0.15) is 0 Å². The van der Waals surface area contributed by atoms with Crippen molar-refractivity contribution in [3.63, 3.8) is 0 Å². The van der Waals surface area contributed by atoms with Gasteiger partial charge in [0, 0.05) is 12.4 Å². The average Bonchev–Trinajstić information content (AvgIpc) is 2.12. The molecule has 4 heteroatoms. The van der Waals surface area contributed by atoms with Gasteiger partial charge < -0.3 is 10.1 Å². The molecular weight excluding hydrogens is 142 g/mol.